The predicted molar refractivity (Wildman–Crippen MR) is 89.4 cm³/mol. The van der Waals surface area contributed by atoms with Crippen molar-refractivity contribution in [2.45, 2.75) is 12.4 Å². The highest BCUT2D eigenvalue weighted by Gasteiger charge is 2.08. The third-order valence-electron chi connectivity index (χ3n) is 2.69. The van der Waals surface area contributed by atoms with Gasteiger partial charge in [-0.15, -0.1) is 4.36 Å². The van der Waals surface area contributed by atoms with Crippen molar-refractivity contribution in [3.8, 4) is 6.19 Å². The molecule has 1 atom stereocenters. The van der Waals surface area contributed by atoms with Gasteiger partial charge in [-0.3, -0.25) is 0 Å². The second-order valence-electron chi connectivity index (χ2n) is 4.21. The maximum absolute atomic E-state index is 8.82. The van der Waals surface area contributed by atoms with E-state index in [2.05, 4.69) is 4.36 Å². The summed E-state index contributed by atoms with van der Waals surface area (Å²) in [6.45, 7) is 0.402. The van der Waals surface area contributed by atoms with Crippen LogP contribution in [-0.4, -0.2) is 4.38 Å². The Balaban J connectivity index is 2.00. The zero-order chi connectivity index (χ0) is 14.9. The van der Waals surface area contributed by atoms with Gasteiger partial charge in [0.25, 0.3) is 0 Å². The standard InChI is InChI=1S/C16H14N2OS2/c17-13-18-21(12-15-9-5-2-6-10-15)16(20)19-11-14-7-3-1-4-8-14/h1-10H,11-12H2. The van der Waals surface area contributed by atoms with E-state index in [1.807, 2.05) is 66.9 Å². The lowest BCUT2D eigenvalue weighted by Crippen LogP contribution is -2.11. The van der Waals surface area contributed by atoms with Crippen molar-refractivity contribution in [2.75, 3.05) is 0 Å². The lowest BCUT2D eigenvalue weighted by atomic mass is 10.2. The van der Waals surface area contributed by atoms with Crippen LogP contribution in [0.4, 0.5) is 0 Å². The van der Waals surface area contributed by atoms with Crippen LogP contribution in [0.2, 0.25) is 0 Å². The van der Waals surface area contributed by atoms with Crippen molar-refractivity contribution in [3.63, 3.8) is 0 Å². The van der Waals surface area contributed by atoms with Crippen LogP contribution < -0.4 is 0 Å². The number of benzene rings is 2. The molecule has 0 aliphatic heterocycles. The summed E-state index contributed by atoms with van der Waals surface area (Å²) in [5.41, 5.74) is 2.13. The first-order valence-electron chi connectivity index (χ1n) is 6.35. The molecular weight excluding hydrogens is 300 g/mol. The molecule has 0 spiro atoms. The molecule has 0 fully saturated rings. The zero-order valence-electron chi connectivity index (χ0n) is 11.3. The average molecular weight is 314 g/mol. The molecule has 0 bridgehead atoms. The second kappa shape index (κ2) is 8.30. The van der Waals surface area contributed by atoms with E-state index >= 15 is 0 Å². The summed E-state index contributed by atoms with van der Waals surface area (Å²) in [5, 5.41) is 8.82. The minimum absolute atomic E-state index is 0.379. The Bertz CT molecular complexity index is 664. The van der Waals surface area contributed by atoms with Gasteiger partial charge in [0.15, 0.2) is 0 Å². The molecule has 0 saturated heterocycles. The topological polar surface area (TPSA) is 45.4 Å². The Labute approximate surface area is 132 Å². The minimum Gasteiger partial charge on any atom is -0.473 e. The van der Waals surface area contributed by atoms with Gasteiger partial charge in [-0.05, 0) is 34.0 Å². The van der Waals surface area contributed by atoms with Crippen LogP contribution >= 0.6 is 12.2 Å². The Morgan fingerprint density at radius 2 is 1.62 bits per heavy atom. The Kier molecular flexibility index (Phi) is 6.07. The Hall–Kier alpha value is -2.03. The fourth-order valence-corrected chi connectivity index (χ4v) is 3.10. The van der Waals surface area contributed by atoms with Crippen LogP contribution in [0.15, 0.2) is 65.0 Å². The van der Waals surface area contributed by atoms with Crippen molar-refractivity contribution in [3.05, 3.63) is 71.8 Å². The smallest absolute Gasteiger partial charge is 0.232 e. The van der Waals surface area contributed by atoms with Crippen molar-refractivity contribution in [2.24, 2.45) is 4.36 Å². The molecule has 0 heterocycles. The summed E-state index contributed by atoms with van der Waals surface area (Å²) in [4.78, 5) is 0. The Morgan fingerprint density at radius 3 is 2.19 bits per heavy atom. The molecule has 106 valence electrons. The maximum Gasteiger partial charge on any atom is 0.232 e. The van der Waals surface area contributed by atoms with Crippen molar-refractivity contribution in [1.29, 1.82) is 5.26 Å². The molecule has 1 unspecified atom stereocenters. The molecule has 0 aromatic heterocycles. The summed E-state index contributed by atoms with van der Waals surface area (Å²) in [5.74, 6) is 0.599. The van der Waals surface area contributed by atoms with Crippen molar-refractivity contribution < 1.29 is 4.74 Å². The normalized spacial score (nSPS) is 11.6. The fourth-order valence-electron chi connectivity index (χ4n) is 1.69. The maximum atomic E-state index is 8.82. The highest BCUT2D eigenvalue weighted by molar-refractivity contribution is 8.13. The van der Waals surface area contributed by atoms with Crippen LogP contribution in [0, 0.1) is 11.5 Å². The predicted octanol–water partition coefficient (Wildman–Crippen LogP) is 3.97. The van der Waals surface area contributed by atoms with E-state index in [0.717, 1.165) is 11.1 Å². The SMILES string of the molecule is N#CN=S(Cc1ccccc1)C(=S)OCc1ccccc1. The van der Waals surface area contributed by atoms with Gasteiger partial charge >= 0.3 is 0 Å². The number of thiocarbonyl (C=S) groups is 1. The summed E-state index contributed by atoms with van der Waals surface area (Å²) >= 11 is 5.28. The van der Waals surface area contributed by atoms with Crippen LogP contribution in [0.5, 0.6) is 0 Å². The number of nitriles is 1. The van der Waals surface area contributed by atoms with E-state index in [9.17, 15) is 0 Å². The Morgan fingerprint density at radius 1 is 1.05 bits per heavy atom. The van der Waals surface area contributed by atoms with Crippen LogP contribution in [-0.2, 0) is 27.8 Å². The molecule has 0 saturated carbocycles. The van der Waals surface area contributed by atoms with Gasteiger partial charge in [-0.1, -0.05) is 60.7 Å². The van der Waals surface area contributed by atoms with E-state index < -0.39 is 10.7 Å². The molecule has 5 heteroatoms. The van der Waals surface area contributed by atoms with Gasteiger partial charge < -0.3 is 4.74 Å². The first kappa shape index (κ1) is 15.4. The molecule has 2 rings (SSSR count). The van der Waals surface area contributed by atoms with Gasteiger partial charge in [0.2, 0.25) is 10.6 Å². The van der Waals surface area contributed by atoms with Gasteiger partial charge in [0, 0.05) is 5.75 Å². The third kappa shape index (κ3) is 5.10. The van der Waals surface area contributed by atoms with Gasteiger partial charge in [-0.25, -0.2) is 0 Å². The molecule has 0 aliphatic rings. The van der Waals surface area contributed by atoms with Crippen molar-refractivity contribution >= 4 is 27.3 Å². The monoisotopic (exact) mass is 314 g/mol. The molecular formula is C16H14N2OS2. The van der Waals surface area contributed by atoms with Crippen LogP contribution in [0.3, 0.4) is 0 Å². The number of hydrogen-bond acceptors (Lipinski definition) is 4. The highest BCUT2D eigenvalue weighted by atomic mass is 32.2. The molecule has 0 N–H and O–H groups in total. The molecule has 2 aromatic carbocycles. The summed E-state index contributed by atoms with van der Waals surface area (Å²) < 4.78 is 9.89. The van der Waals surface area contributed by atoms with E-state index in [-0.39, 0.29) is 0 Å². The quantitative estimate of drug-likeness (QED) is 0.633. The molecule has 3 nitrogen and oxygen atoms in total. The summed E-state index contributed by atoms with van der Waals surface area (Å²) in [6, 6.07) is 19.6. The first-order chi connectivity index (χ1) is 10.3. The largest absolute Gasteiger partial charge is 0.473 e. The average Bonchev–Trinajstić information content (AvgIpc) is 2.54. The molecule has 21 heavy (non-hydrogen) atoms. The van der Waals surface area contributed by atoms with E-state index in [4.69, 9.17) is 22.2 Å². The van der Waals surface area contributed by atoms with E-state index in [0.29, 0.717) is 16.7 Å². The summed E-state index contributed by atoms with van der Waals surface area (Å²) in [6.07, 6.45) is 1.84. The first-order valence-corrected chi connectivity index (χ1v) is 8.11. The van der Waals surface area contributed by atoms with Crippen molar-refractivity contribution in [1.82, 2.24) is 0 Å². The fraction of sp³-hybridized carbons (Fsp3) is 0.125. The number of hydrogen-bond donors (Lipinski definition) is 0. The molecule has 0 radical (unpaired) electrons. The van der Waals surface area contributed by atoms with Gasteiger partial charge in [-0.2, -0.15) is 5.26 Å². The van der Waals surface area contributed by atoms with E-state index in [1.54, 1.807) is 0 Å². The van der Waals surface area contributed by atoms with E-state index in [1.165, 1.54) is 0 Å². The molecule has 0 aliphatic carbocycles. The number of rotatable bonds is 4. The van der Waals surface area contributed by atoms with Gasteiger partial charge in [0.05, 0.1) is 0 Å². The lowest BCUT2D eigenvalue weighted by molar-refractivity contribution is 0.310. The summed E-state index contributed by atoms with van der Waals surface area (Å²) in [7, 11) is -0.721. The zero-order valence-corrected chi connectivity index (χ0v) is 12.9. The third-order valence-corrected chi connectivity index (χ3v) is 4.80. The van der Waals surface area contributed by atoms with Crippen LogP contribution in [0.25, 0.3) is 0 Å². The highest BCUT2D eigenvalue weighted by Crippen LogP contribution is 2.10. The van der Waals surface area contributed by atoms with Crippen LogP contribution in [0.1, 0.15) is 11.1 Å². The number of nitrogens with zero attached hydrogens (tertiary/aromatic N) is 2. The lowest BCUT2D eigenvalue weighted by Gasteiger charge is -2.10. The molecule has 0 amide bonds. The number of ether oxygens (including phenoxy) is 1. The second-order valence-corrected chi connectivity index (χ2v) is 6.41. The van der Waals surface area contributed by atoms with Gasteiger partial charge in [0.1, 0.15) is 6.61 Å². The molecule has 2 aromatic rings. The minimum atomic E-state index is -0.721.